The van der Waals surface area contributed by atoms with Crippen LogP contribution in [0.25, 0.3) is 0 Å². The second kappa shape index (κ2) is 6.39. The second-order valence-corrected chi connectivity index (χ2v) is 4.32. The molecule has 0 aliphatic carbocycles. The van der Waals surface area contributed by atoms with Gasteiger partial charge in [-0.1, -0.05) is 0 Å². The van der Waals surface area contributed by atoms with Crippen LogP contribution in [0.1, 0.15) is 25.7 Å². The van der Waals surface area contributed by atoms with Crippen molar-refractivity contribution >= 4 is 5.82 Å². The highest BCUT2D eigenvalue weighted by Gasteiger charge is 2.14. The van der Waals surface area contributed by atoms with Gasteiger partial charge in [0.2, 0.25) is 5.75 Å². The fourth-order valence-corrected chi connectivity index (χ4v) is 2.09. The van der Waals surface area contributed by atoms with E-state index in [-0.39, 0.29) is 11.3 Å². The Bertz CT molecular complexity index is 427. The molecule has 18 heavy (non-hydrogen) atoms. The molecular weight excluding hydrogens is 234 g/mol. The molecule has 0 bridgehead atoms. The van der Waals surface area contributed by atoms with Crippen LogP contribution in [0.2, 0.25) is 0 Å². The topological polar surface area (TPSA) is 76.2 Å². The third-order valence-electron chi connectivity index (χ3n) is 3.05. The van der Waals surface area contributed by atoms with Crippen molar-refractivity contribution in [3.63, 3.8) is 0 Å². The molecule has 1 saturated heterocycles. The van der Waals surface area contributed by atoms with Gasteiger partial charge in [0.05, 0.1) is 19.5 Å². The van der Waals surface area contributed by atoms with Crippen molar-refractivity contribution in [2.75, 3.05) is 25.6 Å². The highest BCUT2D eigenvalue weighted by Crippen LogP contribution is 2.17. The van der Waals surface area contributed by atoms with Crippen LogP contribution in [0, 0.1) is 0 Å². The van der Waals surface area contributed by atoms with E-state index in [1.165, 1.54) is 19.9 Å². The number of aromatic amines is 1. The summed E-state index contributed by atoms with van der Waals surface area (Å²) in [5, 5.41) is 3.12. The van der Waals surface area contributed by atoms with E-state index in [0.29, 0.717) is 11.9 Å². The number of anilines is 1. The molecule has 1 aromatic rings. The van der Waals surface area contributed by atoms with Crippen molar-refractivity contribution < 1.29 is 9.47 Å². The largest absolute Gasteiger partial charge is 0.489 e. The Morgan fingerprint density at radius 2 is 2.50 bits per heavy atom. The quantitative estimate of drug-likeness (QED) is 0.823. The molecule has 1 fully saturated rings. The number of hydrogen-bond donors (Lipinski definition) is 2. The van der Waals surface area contributed by atoms with Gasteiger partial charge in [0.1, 0.15) is 0 Å². The minimum absolute atomic E-state index is 0.224. The van der Waals surface area contributed by atoms with E-state index in [2.05, 4.69) is 15.3 Å². The maximum atomic E-state index is 11.5. The fourth-order valence-electron chi connectivity index (χ4n) is 2.09. The summed E-state index contributed by atoms with van der Waals surface area (Å²) in [5.74, 6) is 0.708. The molecule has 1 unspecified atom stereocenters. The van der Waals surface area contributed by atoms with Crippen molar-refractivity contribution in [2.24, 2.45) is 0 Å². The molecule has 100 valence electrons. The highest BCUT2D eigenvalue weighted by atomic mass is 16.5. The van der Waals surface area contributed by atoms with Crippen LogP contribution in [0.4, 0.5) is 5.82 Å². The van der Waals surface area contributed by atoms with Gasteiger partial charge >= 0.3 is 0 Å². The number of rotatable bonds is 5. The maximum absolute atomic E-state index is 11.5. The summed E-state index contributed by atoms with van der Waals surface area (Å²) in [5.41, 5.74) is -0.274. The summed E-state index contributed by atoms with van der Waals surface area (Å²) in [6.45, 7) is 1.58. The lowest BCUT2D eigenvalue weighted by molar-refractivity contribution is 0.0134. The van der Waals surface area contributed by atoms with Crippen molar-refractivity contribution in [2.45, 2.75) is 31.8 Å². The molecule has 2 heterocycles. The van der Waals surface area contributed by atoms with Crippen LogP contribution >= 0.6 is 0 Å². The predicted octanol–water partition coefficient (Wildman–Crippen LogP) is 1.15. The van der Waals surface area contributed by atoms with E-state index < -0.39 is 0 Å². The van der Waals surface area contributed by atoms with Gasteiger partial charge in [-0.2, -0.15) is 0 Å². The Morgan fingerprint density at radius 3 is 3.22 bits per heavy atom. The van der Waals surface area contributed by atoms with E-state index in [4.69, 9.17) is 9.47 Å². The molecule has 6 heteroatoms. The van der Waals surface area contributed by atoms with Gasteiger partial charge in [-0.3, -0.25) is 4.79 Å². The zero-order chi connectivity index (χ0) is 12.8. The van der Waals surface area contributed by atoms with Gasteiger partial charge in [0, 0.05) is 13.2 Å². The van der Waals surface area contributed by atoms with Gasteiger partial charge in [-0.15, -0.1) is 0 Å². The van der Waals surface area contributed by atoms with Crippen LogP contribution in [0.15, 0.2) is 11.1 Å². The molecule has 1 atom stereocenters. The number of ether oxygens (including phenoxy) is 2. The number of aromatic nitrogens is 2. The van der Waals surface area contributed by atoms with E-state index in [1.807, 2.05) is 0 Å². The molecule has 1 aromatic heterocycles. The molecule has 0 radical (unpaired) electrons. The van der Waals surface area contributed by atoms with Crippen LogP contribution in [0.5, 0.6) is 5.75 Å². The molecule has 0 saturated carbocycles. The van der Waals surface area contributed by atoms with Crippen LogP contribution in [0.3, 0.4) is 0 Å². The first-order valence-electron chi connectivity index (χ1n) is 6.28. The van der Waals surface area contributed by atoms with Crippen molar-refractivity contribution in [3.8, 4) is 5.75 Å². The second-order valence-electron chi connectivity index (χ2n) is 4.32. The average molecular weight is 253 g/mol. The zero-order valence-corrected chi connectivity index (χ0v) is 10.6. The first-order valence-corrected chi connectivity index (χ1v) is 6.28. The first kappa shape index (κ1) is 12.9. The monoisotopic (exact) mass is 253 g/mol. The van der Waals surface area contributed by atoms with E-state index >= 15 is 0 Å². The third kappa shape index (κ3) is 3.22. The van der Waals surface area contributed by atoms with E-state index in [9.17, 15) is 4.79 Å². The minimum atomic E-state index is -0.274. The first-order chi connectivity index (χ1) is 8.81. The molecule has 0 amide bonds. The predicted molar refractivity (Wildman–Crippen MR) is 68.1 cm³/mol. The van der Waals surface area contributed by atoms with Gasteiger partial charge in [-0.25, -0.2) is 4.98 Å². The third-order valence-corrected chi connectivity index (χ3v) is 3.05. The standard InChI is InChI=1S/C12H19N3O3/c1-17-10-11(14-8-15-12(10)16)13-6-5-9-4-2-3-7-18-9/h8-9H,2-7H2,1H3,(H2,13,14,15,16). The number of nitrogens with one attached hydrogen (secondary N) is 2. The van der Waals surface area contributed by atoms with E-state index in [0.717, 1.165) is 32.4 Å². The lowest BCUT2D eigenvalue weighted by Crippen LogP contribution is -2.23. The SMILES string of the molecule is COc1c(NCCC2CCCCO2)nc[nH]c1=O. The van der Waals surface area contributed by atoms with Gasteiger partial charge < -0.3 is 19.8 Å². The molecule has 1 aliphatic rings. The van der Waals surface area contributed by atoms with Crippen molar-refractivity contribution in [1.29, 1.82) is 0 Å². The normalized spacial score (nSPS) is 19.5. The fraction of sp³-hybridized carbons (Fsp3) is 0.667. The highest BCUT2D eigenvalue weighted by molar-refractivity contribution is 5.47. The lowest BCUT2D eigenvalue weighted by atomic mass is 10.1. The summed E-state index contributed by atoms with van der Waals surface area (Å²) in [6, 6.07) is 0. The number of H-pyrrole nitrogens is 1. The van der Waals surface area contributed by atoms with Gasteiger partial charge in [0.25, 0.3) is 5.56 Å². The van der Waals surface area contributed by atoms with Crippen LogP contribution < -0.4 is 15.6 Å². The average Bonchev–Trinajstić information content (AvgIpc) is 2.40. The maximum Gasteiger partial charge on any atom is 0.295 e. The number of hydrogen-bond acceptors (Lipinski definition) is 5. The minimum Gasteiger partial charge on any atom is -0.489 e. The Hall–Kier alpha value is -1.56. The van der Waals surface area contributed by atoms with Crippen molar-refractivity contribution in [3.05, 3.63) is 16.7 Å². The Labute approximate surface area is 106 Å². The summed E-state index contributed by atoms with van der Waals surface area (Å²) in [4.78, 5) is 18.0. The summed E-state index contributed by atoms with van der Waals surface area (Å²) in [7, 11) is 1.46. The zero-order valence-electron chi connectivity index (χ0n) is 10.6. The molecule has 6 nitrogen and oxygen atoms in total. The summed E-state index contributed by atoms with van der Waals surface area (Å²) in [6.07, 6.45) is 6.10. The van der Waals surface area contributed by atoms with Crippen LogP contribution in [-0.4, -0.2) is 36.3 Å². The Morgan fingerprint density at radius 1 is 1.61 bits per heavy atom. The van der Waals surface area contributed by atoms with Gasteiger partial charge in [0.15, 0.2) is 5.82 Å². The molecule has 2 N–H and O–H groups in total. The molecule has 2 rings (SSSR count). The van der Waals surface area contributed by atoms with Crippen LogP contribution in [-0.2, 0) is 4.74 Å². The summed E-state index contributed by atoms with van der Waals surface area (Å²) >= 11 is 0. The Kier molecular flexibility index (Phi) is 4.58. The molecular formula is C12H19N3O3. The van der Waals surface area contributed by atoms with Gasteiger partial charge in [-0.05, 0) is 25.7 Å². The molecule has 0 spiro atoms. The molecule has 1 aliphatic heterocycles. The van der Waals surface area contributed by atoms with Crippen molar-refractivity contribution in [1.82, 2.24) is 9.97 Å². The number of methoxy groups -OCH3 is 1. The Balaban J connectivity index is 1.86. The lowest BCUT2D eigenvalue weighted by Gasteiger charge is -2.22. The smallest absolute Gasteiger partial charge is 0.295 e. The number of nitrogens with zero attached hydrogens (tertiary/aromatic N) is 1. The molecule has 0 aromatic carbocycles. The van der Waals surface area contributed by atoms with E-state index in [1.54, 1.807) is 0 Å². The summed E-state index contributed by atoms with van der Waals surface area (Å²) < 4.78 is 10.7.